The summed E-state index contributed by atoms with van der Waals surface area (Å²) in [4.78, 5) is 0. The van der Waals surface area contributed by atoms with Crippen molar-refractivity contribution in [1.29, 1.82) is 0 Å². The van der Waals surface area contributed by atoms with E-state index in [4.69, 9.17) is 4.74 Å². The van der Waals surface area contributed by atoms with Crippen molar-refractivity contribution >= 4 is 11.3 Å². The molecule has 1 fully saturated rings. The van der Waals surface area contributed by atoms with E-state index in [-0.39, 0.29) is 5.92 Å². The fourth-order valence-electron chi connectivity index (χ4n) is 1.19. The Labute approximate surface area is 81.2 Å². The summed E-state index contributed by atoms with van der Waals surface area (Å²) in [6.07, 6.45) is -0.411. The maximum absolute atomic E-state index is 9.39. The first-order chi connectivity index (χ1) is 6.36. The van der Waals surface area contributed by atoms with Gasteiger partial charge in [-0.1, -0.05) is 11.8 Å². The standard InChI is InChI=1S/C10H10O2S/c11-10-6-12-5-9(10)2-1-8-3-4-13-7-8/h3-4,7,9-11H,5-6H2/t9-,10-/m1/s1. The maximum Gasteiger partial charge on any atom is 0.0933 e. The van der Waals surface area contributed by atoms with Crippen molar-refractivity contribution in [2.24, 2.45) is 5.92 Å². The van der Waals surface area contributed by atoms with Gasteiger partial charge in [0.2, 0.25) is 0 Å². The second kappa shape index (κ2) is 3.93. The van der Waals surface area contributed by atoms with Gasteiger partial charge in [0.15, 0.2) is 0 Å². The molecule has 0 amide bonds. The lowest BCUT2D eigenvalue weighted by molar-refractivity contribution is 0.123. The van der Waals surface area contributed by atoms with Gasteiger partial charge in [0.05, 0.1) is 25.2 Å². The molecule has 1 aromatic heterocycles. The zero-order valence-electron chi connectivity index (χ0n) is 7.06. The summed E-state index contributed by atoms with van der Waals surface area (Å²) in [5, 5.41) is 13.4. The number of hydrogen-bond donors (Lipinski definition) is 1. The molecular weight excluding hydrogens is 184 g/mol. The molecule has 0 unspecified atom stereocenters. The van der Waals surface area contributed by atoms with E-state index in [9.17, 15) is 5.11 Å². The van der Waals surface area contributed by atoms with Crippen LogP contribution in [0.25, 0.3) is 0 Å². The fraction of sp³-hybridized carbons (Fsp3) is 0.400. The summed E-state index contributed by atoms with van der Waals surface area (Å²) in [7, 11) is 0. The van der Waals surface area contributed by atoms with Crippen LogP contribution in [0.4, 0.5) is 0 Å². The highest BCUT2D eigenvalue weighted by Gasteiger charge is 2.23. The quantitative estimate of drug-likeness (QED) is 0.627. The number of aliphatic hydroxyl groups is 1. The van der Waals surface area contributed by atoms with Crippen LogP contribution < -0.4 is 0 Å². The zero-order valence-corrected chi connectivity index (χ0v) is 7.88. The third kappa shape index (κ3) is 2.10. The van der Waals surface area contributed by atoms with E-state index < -0.39 is 6.10 Å². The van der Waals surface area contributed by atoms with E-state index in [1.165, 1.54) is 0 Å². The Morgan fingerprint density at radius 3 is 3.08 bits per heavy atom. The molecule has 1 saturated heterocycles. The largest absolute Gasteiger partial charge is 0.389 e. The van der Waals surface area contributed by atoms with Crippen LogP contribution in [0.15, 0.2) is 16.8 Å². The Hall–Kier alpha value is -0.820. The first-order valence-corrected chi connectivity index (χ1v) is 5.10. The number of rotatable bonds is 0. The van der Waals surface area contributed by atoms with Crippen LogP contribution >= 0.6 is 11.3 Å². The molecule has 0 aromatic carbocycles. The summed E-state index contributed by atoms with van der Waals surface area (Å²) in [5.74, 6) is 6.02. The average Bonchev–Trinajstić information content (AvgIpc) is 2.72. The minimum absolute atomic E-state index is 0.0140. The van der Waals surface area contributed by atoms with E-state index in [1.54, 1.807) is 11.3 Å². The molecule has 0 radical (unpaired) electrons. The van der Waals surface area contributed by atoms with E-state index in [2.05, 4.69) is 11.8 Å². The molecule has 0 spiro atoms. The lowest BCUT2D eigenvalue weighted by atomic mass is 10.1. The number of hydrogen-bond acceptors (Lipinski definition) is 3. The first kappa shape index (κ1) is 8.76. The molecule has 2 heterocycles. The van der Waals surface area contributed by atoms with Gasteiger partial charge < -0.3 is 9.84 Å². The normalized spacial score (nSPS) is 26.8. The molecule has 2 atom stereocenters. The highest BCUT2D eigenvalue weighted by atomic mass is 32.1. The molecule has 2 rings (SSSR count). The van der Waals surface area contributed by atoms with Gasteiger partial charge in [-0.25, -0.2) is 0 Å². The Morgan fingerprint density at radius 2 is 2.46 bits per heavy atom. The van der Waals surface area contributed by atoms with Crippen LogP contribution in [0.3, 0.4) is 0 Å². The Morgan fingerprint density at radius 1 is 1.54 bits per heavy atom. The maximum atomic E-state index is 9.39. The van der Waals surface area contributed by atoms with Gasteiger partial charge in [0.1, 0.15) is 0 Å². The van der Waals surface area contributed by atoms with Gasteiger partial charge in [0, 0.05) is 10.9 Å². The third-order valence-electron chi connectivity index (χ3n) is 1.97. The minimum Gasteiger partial charge on any atom is -0.389 e. The molecule has 1 aliphatic heterocycles. The van der Waals surface area contributed by atoms with Crippen LogP contribution in [0, 0.1) is 17.8 Å². The molecule has 2 nitrogen and oxygen atoms in total. The summed E-state index contributed by atoms with van der Waals surface area (Å²) < 4.78 is 5.09. The van der Waals surface area contributed by atoms with Crippen molar-refractivity contribution in [2.75, 3.05) is 13.2 Å². The number of ether oxygens (including phenoxy) is 1. The molecule has 1 aliphatic rings. The zero-order chi connectivity index (χ0) is 9.10. The summed E-state index contributed by atoms with van der Waals surface area (Å²) in [5.41, 5.74) is 1.02. The van der Waals surface area contributed by atoms with Gasteiger partial charge >= 0.3 is 0 Å². The topological polar surface area (TPSA) is 29.5 Å². The summed E-state index contributed by atoms with van der Waals surface area (Å²) >= 11 is 1.63. The van der Waals surface area contributed by atoms with E-state index in [0.717, 1.165) is 5.56 Å². The molecule has 1 aromatic rings. The molecule has 0 aliphatic carbocycles. The van der Waals surface area contributed by atoms with Crippen LogP contribution in [0.1, 0.15) is 5.56 Å². The minimum atomic E-state index is -0.411. The molecule has 13 heavy (non-hydrogen) atoms. The van der Waals surface area contributed by atoms with Gasteiger partial charge in [-0.05, 0) is 11.4 Å². The fourth-order valence-corrected chi connectivity index (χ4v) is 1.78. The van der Waals surface area contributed by atoms with Crippen LogP contribution in [-0.2, 0) is 4.74 Å². The van der Waals surface area contributed by atoms with Crippen molar-refractivity contribution in [3.05, 3.63) is 22.4 Å². The monoisotopic (exact) mass is 194 g/mol. The van der Waals surface area contributed by atoms with Gasteiger partial charge in [-0.2, -0.15) is 11.3 Å². The highest BCUT2D eigenvalue weighted by molar-refractivity contribution is 7.08. The van der Waals surface area contributed by atoms with E-state index in [0.29, 0.717) is 13.2 Å². The molecule has 3 heteroatoms. The lowest BCUT2D eigenvalue weighted by Gasteiger charge is -2.01. The highest BCUT2D eigenvalue weighted by Crippen LogP contribution is 2.12. The van der Waals surface area contributed by atoms with Crippen molar-refractivity contribution < 1.29 is 9.84 Å². The molecule has 1 N–H and O–H groups in total. The van der Waals surface area contributed by atoms with Crippen LogP contribution in [0.5, 0.6) is 0 Å². The van der Waals surface area contributed by atoms with Crippen molar-refractivity contribution in [2.45, 2.75) is 6.10 Å². The molecular formula is C10H10O2S. The van der Waals surface area contributed by atoms with E-state index in [1.807, 2.05) is 16.8 Å². The summed E-state index contributed by atoms with van der Waals surface area (Å²) in [6, 6.07) is 1.97. The Bertz CT molecular complexity index is 320. The van der Waals surface area contributed by atoms with Crippen molar-refractivity contribution in [1.82, 2.24) is 0 Å². The van der Waals surface area contributed by atoms with Crippen molar-refractivity contribution in [3.8, 4) is 11.8 Å². The van der Waals surface area contributed by atoms with Crippen LogP contribution in [-0.4, -0.2) is 24.4 Å². The average molecular weight is 194 g/mol. The second-order valence-electron chi connectivity index (χ2n) is 2.99. The van der Waals surface area contributed by atoms with E-state index >= 15 is 0 Å². The molecule has 0 saturated carbocycles. The Balaban J connectivity index is 2.04. The van der Waals surface area contributed by atoms with Gasteiger partial charge in [-0.15, -0.1) is 0 Å². The molecule has 68 valence electrons. The predicted octanol–water partition coefficient (Wildman–Crippen LogP) is 1.11. The lowest BCUT2D eigenvalue weighted by Crippen LogP contribution is -2.15. The SMILES string of the molecule is O[C@@H]1COC[C@H]1C#Cc1ccsc1. The van der Waals surface area contributed by atoms with Crippen molar-refractivity contribution in [3.63, 3.8) is 0 Å². The smallest absolute Gasteiger partial charge is 0.0933 e. The number of aliphatic hydroxyl groups excluding tert-OH is 1. The van der Waals surface area contributed by atoms with Crippen LogP contribution in [0.2, 0.25) is 0 Å². The first-order valence-electron chi connectivity index (χ1n) is 4.16. The summed E-state index contributed by atoms with van der Waals surface area (Å²) in [6.45, 7) is 0.973. The van der Waals surface area contributed by atoms with Gasteiger partial charge in [0.25, 0.3) is 0 Å². The third-order valence-corrected chi connectivity index (χ3v) is 2.66. The second-order valence-corrected chi connectivity index (χ2v) is 3.77. The van der Waals surface area contributed by atoms with Gasteiger partial charge in [-0.3, -0.25) is 0 Å². The predicted molar refractivity (Wildman–Crippen MR) is 51.5 cm³/mol. The number of thiophene rings is 1. The molecule has 0 bridgehead atoms. The Kier molecular flexibility index (Phi) is 2.65.